The van der Waals surface area contributed by atoms with Crippen molar-refractivity contribution >= 4 is 23.5 Å². The number of carboxylic acid groups (broad SMARTS) is 1. The lowest BCUT2D eigenvalue weighted by molar-refractivity contribution is -0.138. The van der Waals surface area contributed by atoms with Crippen molar-refractivity contribution in [1.29, 1.82) is 0 Å². The summed E-state index contributed by atoms with van der Waals surface area (Å²) in [7, 11) is 0. The van der Waals surface area contributed by atoms with Gasteiger partial charge in [-0.05, 0) is 37.1 Å². The average molecular weight is 362 g/mol. The maximum Gasteiger partial charge on any atom is 0.305 e. The molecule has 5 nitrogen and oxygen atoms in total. The zero-order valence-corrected chi connectivity index (χ0v) is 14.8. The zero-order chi connectivity index (χ0) is 18.4. The summed E-state index contributed by atoms with van der Waals surface area (Å²) in [6.07, 6.45) is -1.03. The van der Waals surface area contributed by atoms with Gasteiger partial charge in [-0.1, -0.05) is 48.0 Å². The molecule has 25 heavy (non-hydrogen) atoms. The number of carbonyl (C=O) groups is 2. The van der Waals surface area contributed by atoms with Crippen LogP contribution in [-0.4, -0.2) is 23.1 Å². The van der Waals surface area contributed by atoms with Crippen molar-refractivity contribution in [1.82, 2.24) is 5.32 Å². The largest absolute Gasteiger partial charge is 0.481 e. The van der Waals surface area contributed by atoms with E-state index in [0.29, 0.717) is 10.8 Å². The first-order chi connectivity index (χ1) is 11.9. The highest BCUT2D eigenvalue weighted by molar-refractivity contribution is 6.32. The van der Waals surface area contributed by atoms with Crippen LogP contribution in [0.5, 0.6) is 5.75 Å². The molecule has 0 saturated carbocycles. The van der Waals surface area contributed by atoms with E-state index in [2.05, 4.69) is 5.32 Å². The summed E-state index contributed by atoms with van der Waals surface area (Å²) in [6, 6.07) is 13.6. The molecular formula is C19H20ClNO4. The molecule has 2 aromatic rings. The summed E-state index contributed by atoms with van der Waals surface area (Å²) in [5.74, 6) is -0.990. The molecule has 0 bridgehead atoms. The smallest absolute Gasteiger partial charge is 0.305 e. The molecular weight excluding hydrogens is 342 g/mol. The second-order valence-corrected chi connectivity index (χ2v) is 6.17. The Kier molecular flexibility index (Phi) is 6.42. The van der Waals surface area contributed by atoms with Crippen LogP contribution in [0.15, 0.2) is 48.5 Å². The number of rotatable bonds is 7. The summed E-state index contributed by atoms with van der Waals surface area (Å²) < 4.78 is 5.64. The number of ether oxygens (including phenoxy) is 1. The van der Waals surface area contributed by atoms with Gasteiger partial charge in [-0.2, -0.15) is 0 Å². The number of benzene rings is 2. The van der Waals surface area contributed by atoms with Crippen LogP contribution in [0.25, 0.3) is 0 Å². The molecule has 132 valence electrons. The maximum absolute atomic E-state index is 12.4. The Bertz CT molecular complexity index is 748. The van der Waals surface area contributed by atoms with Crippen molar-refractivity contribution < 1.29 is 19.4 Å². The van der Waals surface area contributed by atoms with Crippen LogP contribution in [0.4, 0.5) is 0 Å². The number of nitrogens with one attached hydrogen (secondary N) is 1. The van der Waals surface area contributed by atoms with Crippen LogP contribution in [0.1, 0.15) is 30.5 Å². The fourth-order valence-electron chi connectivity index (χ4n) is 2.35. The van der Waals surface area contributed by atoms with E-state index in [1.54, 1.807) is 43.3 Å². The predicted octanol–water partition coefficient (Wildman–Crippen LogP) is 3.75. The molecule has 1 amide bonds. The first-order valence-electron chi connectivity index (χ1n) is 7.86. The van der Waals surface area contributed by atoms with Gasteiger partial charge in [0, 0.05) is 0 Å². The highest BCUT2D eigenvalue weighted by Crippen LogP contribution is 2.26. The van der Waals surface area contributed by atoms with Crippen LogP contribution in [-0.2, 0) is 9.59 Å². The first-order valence-corrected chi connectivity index (χ1v) is 8.24. The lowest BCUT2D eigenvalue weighted by atomic mass is 10.0. The summed E-state index contributed by atoms with van der Waals surface area (Å²) >= 11 is 6.08. The van der Waals surface area contributed by atoms with Gasteiger partial charge in [0.1, 0.15) is 5.75 Å². The minimum absolute atomic E-state index is 0.215. The summed E-state index contributed by atoms with van der Waals surface area (Å²) in [6.45, 7) is 3.49. The quantitative estimate of drug-likeness (QED) is 0.787. The molecule has 0 saturated heterocycles. The maximum atomic E-state index is 12.4. The van der Waals surface area contributed by atoms with E-state index in [-0.39, 0.29) is 6.42 Å². The van der Waals surface area contributed by atoms with Gasteiger partial charge in [-0.3, -0.25) is 9.59 Å². The van der Waals surface area contributed by atoms with E-state index >= 15 is 0 Å². The highest BCUT2D eigenvalue weighted by atomic mass is 35.5. The Hall–Kier alpha value is -2.53. The number of amides is 1. The van der Waals surface area contributed by atoms with Crippen molar-refractivity contribution in [3.8, 4) is 5.75 Å². The lowest BCUT2D eigenvalue weighted by Gasteiger charge is -2.21. The second-order valence-electron chi connectivity index (χ2n) is 5.76. The SMILES string of the molecule is Cc1ccc(Cl)c(OC(C)C(=O)NC(CC(=O)O)c2ccccc2)c1. The van der Waals surface area contributed by atoms with Gasteiger partial charge in [0.05, 0.1) is 17.5 Å². The van der Waals surface area contributed by atoms with Gasteiger partial charge in [0.25, 0.3) is 5.91 Å². The monoisotopic (exact) mass is 361 g/mol. The Morgan fingerprint density at radius 2 is 1.88 bits per heavy atom. The third-order valence-electron chi connectivity index (χ3n) is 3.66. The number of carbonyl (C=O) groups excluding carboxylic acids is 1. The van der Waals surface area contributed by atoms with Crippen LogP contribution in [0, 0.1) is 6.92 Å². The van der Waals surface area contributed by atoms with Crippen molar-refractivity contribution in [2.75, 3.05) is 0 Å². The molecule has 2 rings (SSSR count). The van der Waals surface area contributed by atoms with E-state index in [4.69, 9.17) is 21.4 Å². The molecule has 0 radical (unpaired) electrons. The van der Waals surface area contributed by atoms with E-state index in [9.17, 15) is 9.59 Å². The van der Waals surface area contributed by atoms with E-state index < -0.39 is 24.0 Å². The molecule has 0 fully saturated rings. The molecule has 2 unspecified atom stereocenters. The number of aliphatic carboxylic acids is 1. The van der Waals surface area contributed by atoms with E-state index in [1.165, 1.54) is 0 Å². The minimum atomic E-state index is -0.996. The van der Waals surface area contributed by atoms with Gasteiger partial charge in [-0.25, -0.2) is 0 Å². The van der Waals surface area contributed by atoms with Crippen LogP contribution < -0.4 is 10.1 Å². The van der Waals surface area contributed by atoms with Crippen LogP contribution >= 0.6 is 11.6 Å². The lowest BCUT2D eigenvalue weighted by Crippen LogP contribution is -2.39. The molecule has 0 aliphatic rings. The van der Waals surface area contributed by atoms with Gasteiger partial charge in [0.15, 0.2) is 6.10 Å². The Morgan fingerprint density at radius 1 is 1.20 bits per heavy atom. The highest BCUT2D eigenvalue weighted by Gasteiger charge is 2.22. The van der Waals surface area contributed by atoms with Gasteiger partial charge in [-0.15, -0.1) is 0 Å². The third kappa shape index (κ3) is 5.50. The molecule has 2 N–H and O–H groups in total. The normalized spacial score (nSPS) is 12.9. The first kappa shape index (κ1) is 18.8. The molecule has 2 atom stereocenters. The topological polar surface area (TPSA) is 75.6 Å². The van der Waals surface area contributed by atoms with Crippen molar-refractivity contribution in [2.45, 2.75) is 32.4 Å². The Labute approximate surface area is 151 Å². The number of hydrogen-bond donors (Lipinski definition) is 2. The standard InChI is InChI=1S/C19H20ClNO4/c1-12-8-9-15(20)17(10-12)25-13(2)19(24)21-16(11-18(22)23)14-6-4-3-5-7-14/h3-10,13,16H,11H2,1-2H3,(H,21,24)(H,22,23). The Balaban J connectivity index is 2.09. The summed E-state index contributed by atoms with van der Waals surface area (Å²) in [4.78, 5) is 23.5. The van der Waals surface area contributed by atoms with Gasteiger partial charge in [0.2, 0.25) is 0 Å². The number of halogens is 1. The van der Waals surface area contributed by atoms with Crippen LogP contribution in [0.3, 0.4) is 0 Å². The predicted molar refractivity (Wildman–Crippen MR) is 95.9 cm³/mol. The summed E-state index contributed by atoms with van der Waals surface area (Å²) in [5.41, 5.74) is 1.68. The van der Waals surface area contributed by atoms with Crippen molar-refractivity contribution in [3.63, 3.8) is 0 Å². The molecule has 0 spiro atoms. The van der Waals surface area contributed by atoms with E-state index in [0.717, 1.165) is 11.1 Å². The minimum Gasteiger partial charge on any atom is -0.481 e. The molecule has 0 aliphatic carbocycles. The van der Waals surface area contributed by atoms with Crippen molar-refractivity contribution in [2.24, 2.45) is 0 Å². The van der Waals surface area contributed by atoms with E-state index in [1.807, 2.05) is 19.1 Å². The number of aryl methyl sites for hydroxylation is 1. The van der Waals surface area contributed by atoms with Gasteiger partial charge >= 0.3 is 5.97 Å². The molecule has 0 aromatic heterocycles. The zero-order valence-electron chi connectivity index (χ0n) is 14.0. The van der Waals surface area contributed by atoms with Crippen molar-refractivity contribution in [3.05, 3.63) is 64.7 Å². The fraction of sp³-hybridized carbons (Fsp3) is 0.263. The van der Waals surface area contributed by atoms with Crippen LogP contribution in [0.2, 0.25) is 5.02 Å². The number of hydrogen-bond acceptors (Lipinski definition) is 3. The van der Waals surface area contributed by atoms with Gasteiger partial charge < -0.3 is 15.2 Å². The Morgan fingerprint density at radius 3 is 2.52 bits per heavy atom. The fourth-order valence-corrected chi connectivity index (χ4v) is 2.51. The average Bonchev–Trinajstić information content (AvgIpc) is 2.57. The summed E-state index contributed by atoms with van der Waals surface area (Å²) in [5, 5.41) is 12.2. The molecule has 0 aliphatic heterocycles. The second kappa shape index (κ2) is 8.53. The molecule has 0 heterocycles. The molecule has 2 aromatic carbocycles. The third-order valence-corrected chi connectivity index (χ3v) is 3.97. The number of carboxylic acids is 1. The molecule has 6 heteroatoms.